The zero-order valence-corrected chi connectivity index (χ0v) is 22.5. The molecule has 39 heavy (non-hydrogen) atoms. The Kier molecular flexibility index (Phi) is 8.30. The van der Waals surface area contributed by atoms with Gasteiger partial charge in [0.05, 0.1) is 25.1 Å². The highest BCUT2D eigenvalue weighted by Gasteiger charge is 2.34. The van der Waals surface area contributed by atoms with E-state index in [1.165, 1.54) is 4.90 Å². The number of methoxy groups -OCH3 is 1. The minimum absolute atomic E-state index is 0.272. The van der Waals surface area contributed by atoms with Crippen molar-refractivity contribution in [3.05, 3.63) is 72.4 Å². The van der Waals surface area contributed by atoms with Gasteiger partial charge in [-0.2, -0.15) is 5.26 Å². The third kappa shape index (κ3) is 7.02. The number of carbonyl (C=O) groups is 2. The first-order chi connectivity index (χ1) is 18.7. The fraction of sp³-hybridized carbons (Fsp3) is 0.345. The Morgan fingerprint density at radius 3 is 2.49 bits per heavy atom. The molecule has 2 amide bonds. The van der Waals surface area contributed by atoms with E-state index in [-0.39, 0.29) is 12.5 Å². The summed E-state index contributed by atoms with van der Waals surface area (Å²) in [7, 11) is 1.62. The summed E-state index contributed by atoms with van der Waals surface area (Å²) in [4.78, 5) is 27.1. The summed E-state index contributed by atoms with van der Waals surface area (Å²) < 4.78 is 12.3. The molecule has 1 N–H and O–H groups in total. The van der Waals surface area contributed by atoms with Crippen LogP contribution >= 0.6 is 0 Å². The third-order valence-corrected chi connectivity index (χ3v) is 6.13. The molecule has 1 aliphatic rings. The van der Waals surface area contributed by atoms with Crippen molar-refractivity contribution in [3.8, 4) is 28.8 Å². The molecule has 202 valence electrons. The summed E-state index contributed by atoms with van der Waals surface area (Å²) >= 11 is 0. The second-order valence-corrected chi connectivity index (χ2v) is 10.2. The fourth-order valence-electron chi connectivity index (χ4n) is 4.14. The molecule has 2 aromatic carbocycles. The van der Waals surface area contributed by atoms with Gasteiger partial charge in [0, 0.05) is 18.5 Å². The van der Waals surface area contributed by atoms with Gasteiger partial charge >= 0.3 is 6.09 Å². The quantitative estimate of drug-likeness (QED) is 0.459. The van der Waals surface area contributed by atoms with Crippen molar-refractivity contribution in [2.24, 2.45) is 0 Å². The van der Waals surface area contributed by atoms with Gasteiger partial charge in [-0.15, -0.1) is 5.10 Å². The highest BCUT2D eigenvalue weighted by molar-refractivity contribution is 5.86. The molecular weight excluding hydrogens is 496 g/mol. The number of hydrogen-bond acceptors (Lipinski definition) is 7. The minimum atomic E-state index is -0.761. The maximum absolute atomic E-state index is 13.1. The van der Waals surface area contributed by atoms with Gasteiger partial charge in [0.1, 0.15) is 29.1 Å². The van der Waals surface area contributed by atoms with Crippen LogP contribution < -0.4 is 10.1 Å². The van der Waals surface area contributed by atoms with Crippen LogP contribution in [0.2, 0.25) is 0 Å². The minimum Gasteiger partial charge on any atom is -0.497 e. The fourth-order valence-corrected chi connectivity index (χ4v) is 4.14. The maximum Gasteiger partial charge on any atom is 0.411 e. The Balaban J connectivity index is 1.38. The molecule has 0 aliphatic carbocycles. The average Bonchev–Trinajstić information content (AvgIpc) is 3.42. The normalized spacial score (nSPS) is 15.8. The molecule has 1 aliphatic heterocycles. The lowest BCUT2D eigenvalue weighted by molar-refractivity contribution is -0.126. The number of rotatable bonds is 7. The van der Waals surface area contributed by atoms with Gasteiger partial charge in [0.25, 0.3) is 0 Å². The van der Waals surface area contributed by atoms with Crippen LogP contribution in [-0.4, -0.2) is 63.2 Å². The molecule has 0 saturated carbocycles. The summed E-state index contributed by atoms with van der Waals surface area (Å²) in [5, 5.41) is 21.0. The first-order valence-corrected chi connectivity index (χ1v) is 12.7. The van der Waals surface area contributed by atoms with Crippen LogP contribution in [0.5, 0.6) is 5.75 Å². The van der Waals surface area contributed by atoms with E-state index in [0.29, 0.717) is 12.8 Å². The SMILES string of the molecule is COc1ccc(-c2cn(-c3ccc(C[C@@H](C#N)NC(=O)[C@@H]4CC=CCN4C(=O)OC(C)(C)C)cc3)nn2)cc1. The van der Waals surface area contributed by atoms with Crippen LogP contribution in [-0.2, 0) is 16.0 Å². The highest BCUT2D eigenvalue weighted by Crippen LogP contribution is 2.22. The number of ether oxygens (including phenoxy) is 2. The number of aromatic nitrogens is 3. The Hall–Kier alpha value is -4.65. The van der Waals surface area contributed by atoms with Crippen LogP contribution in [0.4, 0.5) is 4.79 Å². The number of nitriles is 1. The number of nitrogens with zero attached hydrogens (tertiary/aromatic N) is 5. The first kappa shape index (κ1) is 27.4. The molecule has 2 atom stereocenters. The van der Waals surface area contributed by atoms with Gasteiger partial charge in [-0.25, -0.2) is 9.48 Å². The molecule has 1 aromatic heterocycles. The lowest BCUT2D eigenvalue weighted by atomic mass is 10.0. The zero-order valence-electron chi connectivity index (χ0n) is 22.5. The van der Waals surface area contributed by atoms with Crippen LogP contribution in [0.1, 0.15) is 32.8 Å². The van der Waals surface area contributed by atoms with Crippen molar-refractivity contribution in [1.29, 1.82) is 5.26 Å². The smallest absolute Gasteiger partial charge is 0.411 e. The van der Waals surface area contributed by atoms with Crippen LogP contribution in [0.15, 0.2) is 66.9 Å². The summed E-state index contributed by atoms with van der Waals surface area (Å²) in [5.74, 6) is 0.381. The molecular formula is C29H32N6O4. The van der Waals surface area contributed by atoms with Crippen molar-refractivity contribution >= 4 is 12.0 Å². The zero-order chi connectivity index (χ0) is 28.0. The Bertz CT molecular complexity index is 1370. The van der Waals surface area contributed by atoms with Gasteiger partial charge in [0.15, 0.2) is 0 Å². The molecule has 0 saturated heterocycles. The summed E-state index contributed by atoms with van der Waals surface area (Å²) in [6, 6.07) is 15.8. The molecule has 0 unspecified atom stereocenters. The van der Waals surface area contributed by atoms with E-state index in [9.17, 15) is 14.9 Å². The maximum atomic E-state index is 13.1. The van der Waals surface area contributed by atoms with Gasteiger partial charge in [-0.3, -0.25) is 9.69 Å². The number of nitrogens with one attached hydrogen (secondary N) is 1. The van der Waals surface area contributed by atoms with Crippen molar-refractivity contribution in [2.45, 2.75) is 51.3 Å². The van der Waals surface area contributed by atoms with Gasteiger partial charge in [-0.1, -0.05) is 29.5 Å². The van der Waals surface area contributed by atoms with E-state index in [2.05, 4.69) is 21.7 Å². The van der Waals surface area contributed by atoms with E-state index >= 15 is 0 Å². The second kappa shape index (κ2) is 11.8. The van der Waals surface area contributed by atoms with E-state index < -0.39 is 23.8 Å². The molecule has 10 heteroatoms. The molecule has 0 bridgehead atoms. The Morgan fingerprint density at radius 2 is 1.85 bits per heavy atom. The summed E-state index contributed by atoms with van der Waals surface area (Å²) in [6.07, 6.45) is 5.63. The Morgan fingerprint density at radius 1 is 1.13 bits per heavy atom. The lowest BCUT2D eigenvalue weighted by Crippen LogP contribution is -2.53. The Labute approximate surface area is 227 Å². The summed E-state index contributed by atoms with van der Waals surface area (Å²) in [5.41, 5.74) is 2.65. The number of carbonyl (C=O) groups excluding carboxylic acids is 2. The lowest BCUT2D eigenvalue weighted by Gasteiger charge is -2.34. The second-order valence-electron chi connectivity index (χ2n) is 10.2. The van der Waals surface area contributed by atoms with Crippen molar-refractivity contribution in [3.63, 3.8) is 0 Å². The molecule has 4 rings (SSSR count). The standard InChI is InChI=1S/C29H32N6O4/c1-29(2,3)39-28(37)34-16-6-5-7-26(34)27(36)31-22(18-30)17-20-8-12-23(13-9-20)35-19-25(32-33-35)21-10-14-24(38-4)15-11-21/h5-6,8-15,19,22,26H,7,16-17H2,1-4H3,(H,31,36)/t22-,26-/m0/s1. The number of benzene rings is 2. The van der Waals surface area contributed by atoms with Crippen LogP contribution in [0.25, 0.3) is 16.9 Å². The predicted octanol–water partition coefficient (Wildman–Crippen LogP) is 4.06. The monoisotopic (exact) mass is 528 g/mol. The van der Waals surface area contributed by atoms with Gasteiger partial charge in [-0.05, 0) is 69.2 Å². The molecule has 3 aromatic rings. The third-order valence-electron chi connectivity index (χ3n) is 6.13. The predicted molar refractivity (Wildman–Crippen MR) is 145 cm³/mol. The van der Waals surface area contributed by atoms with Crippen LogP contribution in [0.3, 0.4) is 0 Å². The molecule has 0 spiro atoms. The average molecular weight is 529 g/mol. The largest absolute Gasteiger partial charge is 0.497 e. The highest BCUT2D eigenvalue weighted by atomic mass is 16.6. The van der Waals surface area contributed by atoms with E-state index in [0.717, 1.165) is 28.3 Å². The van der Waals surface area contributed by atoms with E-state index in [1.807, 2.05) is 66.9 Å². The van der Waals surface area contributed by atoms with Gasteiger partial charge < -0.3 is 14.8 Å². The van der Waals surface area contributed by atoms with Crippen LogP contribution in [0, 0.1) is 11.3 Å². The molecule has 2 heterocycles. The van der Waals surface area contributed by atoms with E-state index in [1.54, 1.807) is 32.6 Å². The topological polar surface area (TPSA) is 122 Å². The van der Waals surface area contributed by atoms with Gasteiger partial charge in [0.2, 0.25) is 5.91 Å². The number of hydrogen-bond donors (Lipinski definition) is 1. The number of amides is 2. The van der Waals surface area contributed by atoms with Crippen molar-refractivity contribution in [1.82, 2.24) is 25.2 Å². The first-order valence-electron chi connectivity index (χ1n) is 12.7. The van der Waals surface area contributed by atoms with Crippen molar-refractivity contribution < 1.29 is 19.1 Å². The van der Waals surface area contributed by atoms with E-state index in [4.69, 9.17) is 9.47 Å². The summed E-state index contributed by atoms with van der Waals surface area (Å²) in [6.45, 7) is 5.60. The molecule has 10 nitrogen and oxygen atoms in total. The van der Waals surface area contributed by atoms with Crippen molar-refractivity contribution in [2.75, 3.05) is 13.7 Å². The molecule has 0 radical (unpaired) electrons. The molecule has 0 fully saturated rings.